The molecule has 0 aromatic heterocycles. The van der Waals surface area contributed by atoms with Gasteiger partial charge in [0.15, 0.2) is 11.5 Å². The predicted molar refractivity (Wildman–Crippen MR) is 131 cm³/mol. The number of urea groups is 1. The van der Waals surface area contributed by atoms with Crippen molar-refractivity contribution in [3.05, 3.63) is 53.8 Å². The molecule has 190 valence electrons. The van der Waals surface area contributed by atoms with Gasteiger partial charge in [-0.3, -0.25) is 25.1 Å². The van der Waals surface area contributed by atoms with Crippen molar-refractivity contribution in [2.24, 2.45) is 5.92 Å². The van der Waals surface area contributed by atoms with Crippen molar-refractivity contribution >= 4 is 35.3 Å². The van der Waals surface area contributed by atoms with Crippen LogP contribution in [0, 0.1) is 11.7 Å². The van der Waals surface area contributed by atoms with E-state index in [4.69, 9.17) is 9.47 Å². The van der Waals surface area contributed by atoms with Crippen LogP contribution in [0.5, 0.6) is 11.5 Å². The highest BCUT2D eigenvalue weighted by Crippen LogP contribution is 2.35. The molecular weight excluding hydrogens is 489 g/mol. The molecule has 2 aromatic carbocycles. The van der Waals surface area contributed by atoms with Crippen molar-refractivity contribution in [2.75, 3.05) is 38.4 Å². The fourth-order valence-electron chi connectivity index (χ4n) is 4.53. The highest BCUT2D eigenvalue weighted by atomic mass is 32.2. The number of rotatable bonds is 5. The van der Waals surface area contributed by atoms with Gasteiger partial charge in [0.05, 0.1) is 29.4 Å². The Hall–Kier alpha value is -3.35. The Morgan fingerprint density at radius 2 is 1.81 bits per heavy atom. The minimum Gasteiger partial charge on any atom is -0.486 e. The molecule has 0 bridgehead atoms. The molecule has 0 saturated carbocycles. The fourth-order valence-corrected chi connectivity index (χ4v) is 5.64. The number of halogens is 1. The summed E-state index contributed by atoms with van der Waals surface area (Å²) in [6.45, 7) is 0.924. The third-order valence-corrected chi connectivity index (χ3v) is 7.60. The molecule has 4 amide bonds. The SMILES string of the molecule is CN1C(=O)C2C(SCC(=O)Nc3ccc4c(c3)OCCO4)NC(c3ccc(F)cc3)NC2N(C)C1=O. The van der Waals surface area contributed by atoms with Crippen LogP contribution < -0.4 is 25.4 Å². The third kappa shape index (κ3) is 4.71. The number of carbonyl (C=O) groups excluding carboxylic acids is 3. The molecule has 3 heterocycles. The molecule has 2 fully saturated rings. The maximum absolute atomic E-state index is 13.5. The second-order valence-corrected chi connectivity index (χ2v) is 9.85. The summed E-state index contributed by atoms with van der Waals surface area (Å²) in [6.07, 6.45) is -1.06. The Kier molecular flexibility index (Phi) is 6.73. The zero-order valence-electron chi connectivity index (χ0n) is 19.7. The van der Waals surface area contributed by atoms with Crippen LogP contribution in [0.15, 0.2) is 42.5 Å². The van der Waals surface area contributed by atoms with Crippen LogP contribution in [-0.4, -0.2) is 72.2 Å². The summed E-state index contributed by atoms with van der Waals surface area (Å²) in [5.74, 6) is -0.347. The standard InChI is InChI=1S/C24H26FN5O5S/c1-29-21-19(23(32)30(2)24(29)33)22(28-20(27-21)13-3-5-14(25)6-4-13)36-12-18(31)26-15-7-8-16-17(11-15)35-10-9-34-16/h3-8,11,19-22,27-28H,9-10,12H2,1-2H3,(H,26,31). The predicted octanol–water partition coefficient (Wildman–Crippen LogP) is 1.95. The van der Waals surface area contributed by atoms with E-state index in [1.807, 2.05) is 0 Å². The lowest BCUT2D eigenvalue weighted by Crippen LogP contribution is -2.72. The Morgan fingerprint density at radius 3 is 2.56 bits per heavy atom. The lowest BCUT2D eigenvalue weighted by atomic mass is 9.96. The van der Waals surface area contributed by atoms with Gasteiger partial charge in [-0.05, 0) is 29.8 Å². The zero-order chi connectivity index (χ0) is 25.4. The smallest absolute Gasteiger partial charge is 0.327 e. The number of ether oxygens (including phenoxy) is 2. The summed E-state index contributed by atoms with van der Waals surface area (Å²) in [5.41, 5.74) is 1.32. The summed E-state index contributed by atoms with van der Waals surface area (Å²) in [5, 5.41) is 9.01. The van der Waals surface area contributed by atoms with Crippen molar-refractivity contribution in [2.45, 2.75) is 17.7 Å². The van der Waals surface area contributed by atoms with Crippen LogP contribution in [0.25, 0.3) is 0 Å². The molecule has 2 aromatic rings. The molecule has 0 spiro atoms. The van der Waals surface area contributed by atoms with Crippen LogP contribution in [-0.2, 0) is 9.59 Å². The second-order valence-electron chi connectivity index (χ2n) is 8.72. The number of anilines is 1. The Bertz CT molecular complexity index is 1180. The molecule has 4 unspecified atom stereocenters. The van der Waals surface area contributed by atoms with Gasteiger partial charge in [0, 0.05) is 25.8 Å². The van der Waals surface area contributed by atoms with Gasteiger partial charge in [-0.1, -0.05) is 12.1 Å². The number of thioether (sulfide) groups is 1. The minimum atomic E-state index is -0.638. The molecule has 4 atom stereocenters. The summed E-state index contributed by atoms with van der Waals surface area (Å²) in [7, 11) is 3.07. The first-order valence-electron chi connectivity index (χ1n) is 11.4. The molecule has 3 aliphatic rings. The third-order valence-electron chi connectivity index (χ3n) is 6.38. The van der Waals surface area contributed by atoms with Gasteiger partial charge in [0.2, 0.25) is 11.8 Å². The normalized spacial score (nSPS) is 25.4. The average molecular weight is 516 g/mol. The lowest BCUT2D eigenvalue weighted by Gasteiger charge is -2.50. The number of benzene rings is 2. The van der Waals surface area contributed by atoms with E-state index >= 15 is 0 Å². The van der Waals surface area contributed by atoms with Gasteiger partial charge in [-0.25, -0.2) is 9.18 Å². The number of hydrogen-bond acceptors (Lipinski definition) is 8. The van der Waals surface area contributed by atoms with Crippen LogP contribution in [0.1, 0.15) is 11.7 Å². The summed E-state index contributed by atoms with van der Waals surface area (Å²) in [6, 6.07) is 10.7. The minimum absolute atomic E-state index is 0.0557. The Labute approximate surface area is 211 Å². The molecule has 12 heteroatoms. The molecule has 3 aliphatic heterocycles. The summed E-state index contributed by atoms with van der Waals surface area (Å²) in [4.78, 5) is 41.0. The summed E-state index contributed by atoms with van der Waals surface area (Å²) >= 11 is 1.27. The number of nitrogens with one attached hydrogen (secondary N) is 3. The molecule has 0 radical (unpaired) electrons. The molecule has 2 saturated heterocycles. The number of imide groups is 1. The number of fused-ring (bicyclic) bond motifs is 2. The first-order chi connectivity index (χ1) is 17.3. The maximum Gasteiger partial charge on any atom is 0.327 e. The van der Waals surface area contributed by atoms with Gasteiger partial charge in [-0.15, -0.1) is 11.8 Å². The fraction of sp³-hybridized carbons (Fsp3) is 0.375. The molecular formula is C24H26FN5O5S. The van der Waals surface area contributed by atoms with E-state index in [1.165, 1.54) is 35.8 Å². The van der Waals surface area contributed by atoms with E-state index in [2.05, 4.69) is 16.0 Å². The first-order valence-corrected chi connectivity index (χ1v) is 12.5. The van der Waals surface area contributed by atoms with Crippen LogP contribution >= 0.6 is 11.8 Å². The van der Waals surface area contributed by atoms with E-state index in [0.717, 1.165) is 10.5 Å². The number of hydrogen-bond donors (Lipinski definition) is 3. The highest BCUT2D eigenvalue weighted by molar-refractivity contribution is 8.00. The molecule has 10 nitrogen and oxygen atoms in total. The van der Waals surface area contributed by atoms with Crippen LogP contribution in [0.4, 0.5) is 14.9 Å². The first kappa shape index (κ1) is 24.3. The number of nitrogens with zero attached hydrogens (tertiary/aromatic N) is 2. The molecule has 0 aliphatic carbocycles. The van der Waals surface area contributed by atoms with E-state index < -0.39 is 29.7 Å². The molecule has 36 heavy (non-hydrogen) atoms. The number of carbonyl (C=O) groups is 3. The largest absolute Gasteiger partial charge is 0.486 e. The van der Waals surface area contributed by atoms with Crippen molar-refractivity contribution in [3.8, 4) is 11.5 Å². The van der Waals surface area contributed by atoms with Crippen molar-refractivity contribution in [1.82, 2.24) is 20.4 Å². The van der Waals surface area contributed by atoms with Gasteiger partial charge >= 0.3 is 6.03 Å². The molecule has 5 rings (SSSR count). The Morgan fingerprint density at radius 1 is 1.08 bits per heavy atom. The van der Waals surface area contributed by atoms with Crippen molar-refractivity contribution in [1.29, 1.82) is 0 Å². The maximum atomic E-state index is 13.5. The quantitative estimate of drug-likeness (QED) is 0.554. The van der Waals surface area contributed by atoms with Crippen molar-refractivity contribution < 1.29 is 28.2 Å². The van der Waals surface area contributed by atoms with E-state index in [1.54, 1.807) is 37.4 Å². The van der Waals surface area contributed by atoms with Gasteiger partial charge in [0.1, 0.15) is 19.0 Å². The van der Waals surface area contributed by atoms with Crippen molar-refractivity contribution in [3.63, 3.8) is 0 Å². The molecule has 3 N–H and O–H groups in total. The van der Waals surface area contributed by atoms with Gasteiger partial charge in [-0.2, -0.15) is 0 Å². The van der Waals surface area contributed by atoms with Gasteiger partial charge in [0.25, 0.3) is 0 Å². The van der Waals surface area contributed by atoms with Gasteiger partial charge < -0.3 is 19.7 Å². The monoisotopic (exact) mass is 515 g/mol. The van der Waals surface area contributed by atoms with E-state index in [-0.39, 0.29) is 23.4 Å². The number of amides is 4. The highest BCUT2D eigenvalue weighted by Gasteiger charge is 2.51. The van der Waals surface area contributed by atoms with E-state index in [0.29, 0.717) is 30.4 Å². The topological polar surface area (TPSA) is 112 Å². The van der Waals surface area contributed by atoms with Crippen LogP contribution in [0.3, 0.4) is 0 Å². The van der Waals surface area contributed by atoms with E-state index in [9.17, 15) is 18.8 Å². The zero-order valence-corrected chi connectivity index (χ0v) is 20.5. The summed E-state index contributed by atoms with van der Waals surface area (Å²) < 4.78 is 24.6. The lowest BCUT2D eigenvalue weighted by molar-refractivity contribution is -0.140. The average Bonchev–Trinajstić information content (AvgIpc) is 2.89. The second kappa shape index (κ2) is 9.96. The Balaban J connectivity index is 1.31. The van der Waals surface area contributed by atoms with Crippen LogP contribution in [0.2, 0.25) is 0 Å².